The van der Waals surface area contributed by atoms with Gasteiger partial charge in [0, 0.05) is 6.54 Å². The summed E-state index contributed by atoms with van der Waals surface area (Å²) in [6.45, 7) is 4.28. The molecule has 3 N–H and O–H groups in total. The van der Waals surface area contributed by atoms with Crippen molar-refractivity contribution in [2.24, 2.45) is 5.73 Å². The van der Waals surface area contributed by atoms with Crippen LogP contribution in [0.5, 0.6) is 5.75 Å². The van der Waals surface area contributed by atoms with Crippen molar-refractivity contribution < 1.29 is 9.84 Å². The summed E-state index contributed by atoms with van der Waals surface area (Å²) < 4.78 is 5.74. The van der Waals surface area contributed by atoms with Crippen LogP contribution in [0.3, 0.4) is 0 Å². The maximum absolute atomic E-state index is 9.60. The fraction of sp³-hybridized carbons (Fsp3) is 0.455. The lowest BCUT2D eigenvalue weighted by atomic mass is 10.1. The smallest absolute Gasteiger partial charge is 0.153 e. The van der Waals surface area contributed by atoms with Crippen molar-refractivity contribution in [1.29, 1.82) is 0 Å². The van der Waals surface area contributed by atoms with E-state index in [1.807, 2.05) is 32.0 Å². The largest absolute Gasteiger partial charge is 0.476 e. The topological polar surface area (TPSA) is 55.5 Å². The fourth-order valence-electron chi connectivity index (χ4n) is 1.58. The Labute approximate surface area is 93.6 Å². The van der Waals surface area contributed by atoms with Gasteiger partial charge < -0.3 is 15.6 Å². The summed E-state index contributed by atoms with van der Waals surface area (Å²) in [6.07, 6.45) is -0.604. The van der Waals surface area contributed by atoms with E-state index in [9.17, 15) is 5.11 Å². The van der Waals surface area contributed by atoms with Crippen LogP contribution < -0.4 is 10.5 Å². The highest BCUT2D eigenvalue weighted by atomic mass is 32.2. The third-order valence-electron chi connectivity index (χ3n) is 2.29. The summed E-state index contributed by atoms with van der Waals surface area (Å²) in [6, 6.07) is 5.74. The monoisotopic (exact) mass is 225 g/mol. The number of thioether (sulfide) groups is 1. The fourth-order valence-corrected chi connectivity index (χ4v) is 2.58. The summed E-state index contributed by atoms with van der Waals surface area (Å²) in [7, 11) is 0. The lowest BCUT2D eigenvalue weighted by molar-refractivity contribution is 0.184. The number of benzene rings is 1. The first kappa shape index (κ1) is 10.8. The van der Waals surface area contributed by atoms with Crippen LogP contribution >= 0.6 is 11.8 Å². The number of ether oxygens (including phenoxy) is 1. The number of hydrogen-bond acceptors (Lipinski definition) is 4. The molecule has 0 spiro atoms. The van der Waals surface area contributed by atoms with Crippen molar-refractivity contribution in [2.45, 2.75) is 29.8 Å². The van der Waals surface area contributed by atoms with Crippen molar-refractivity contribution in [1.82, 2.24) is 0 Å². The average Bonchev–Trinajstić information content (AvgIpc) is 2.49. The molecule has 0 aliphatic carbocycles. The molecule has 0 aromatic heterocycles. The van der Waals surface area contributed by atoms with E-state index < -0.39 is 6.10 Å². The van der Waals surface area contributed by atoms with Gasteiger partial charge in [-0.15, -0.1) is 0 Å². The van der Waals surface area contributed by atoms with E-state index >= 15 is 0 Å². The minimum atomic E-state index is -0.604. The van der Waals surface area contributed by atoms with E-state index in [-0.39, 0.29) is 11.5 Å². The van der Waals surface area contributed by atoms with Gasteiger partial charge in [-0.1, -0.05) is 17.8 Å². The average molecular weight is 225 g/mol. The highest BCUT2D eigenvalue weighted by Gasteiger charge is 2.31. The van der Waals surface area contributed by atoms with Crippen LogP contribution in [0.2, 0.25) is 0 Å². The standard InChI is InChI=1S/C11H15NO2S/c1-11(2)14-9-5-7(8(13)6-12)3-4-10(9)15-11/h3-5,8,13H,6,12H2,1-2H3. The first-order valence-electron chi connectivity index (χ1n) is 4.92. The molecule has 1 aromatic carbocycles. The summed E-state index contributed by atoms with van der Waals surface area (Å²) >= 11 is 1.69. The minimum absolute atomic E-state index is 0.214. The van der Waals surface area contributed by atoms with Crippen LogP contribution in [0.1, 0.15) is 25.5 Å². The normalized spacial score (nSPS) is 19.5. The van der Waals surface area contributed by atoms with Gasteiger partial charge in [0.05, 0.1) is 11.0 Å². The Morgan fingerprint density at radius 2 is 2.27 bits per heavy atom. The second-order valence-electron chi connectivity index (χ2n) is 4.06. The number of aliphatic hydroxyl groups is 1. The van der Waals surface area contributed by atoms with Gasteiger partial charge in [-0.05, 0) is 31.5 Å². The molecule has 0 saturated carbocycles. The van der Waals surface area contributed by atoms with Crippen LogP contribution in [0.4, 0.5) is 0 Å². The second kappa shape index (κ2) is 3.70. The molecule has 0 amide bonds. The van der Waals surface area contributed by atoms with Crippen molar-refractivity contribution in [3.05, 3.63) is 23.8 Å². The van der Waals surface area contributed by atoms with Gasteiger partial charge in [0.1, 0.15) is 5.75 Å². The molecule has 0 fully saturated rings. The Hall–Kier alpha value is -0.710. The Morgan fingerprint density at radius 3 is 2.93 bits per heavy atom. The molecule has 1 aliphatic rings. The van der Waals surface area contributed by atoms with Gasteiger partial charge in [-0.3, -0.25) is 0 Å². The molecule has 0 bridgehead atoms. The maximum atomic E-state index is 9.60. The quantitative estimate of drug-likeness (QED) is 0.807. The molecule has 82 valence electrons. The van der Waals surface area contributed by atoms with Gasteiger partial charge in [0.2, 0.25) is 0 Å². The Kier molecular flexibility index (Phi) is 2.66. The molecule has 1 aliphatic heterocycles. The van der Waals surface area contributed by atoms with E-state index in [0.29, 0.717) is 0 Å². The van der Waals surface area contributed by atoms with E-state index in [4.69, 9.17) is 10.5 Å². The van der Waals surface area contributed by atoms with Gasteiger partial charge in [-0.2, -0.15) is 0 Å². The molecular formula is C11H15NO2S. The van der Waals surface area contributed by atoms with Gasteiger partial charge in [0.15, 0.2) is 4.93 Å². The molecule has 2 rings (SSSR count). The van der Waals surface area contributed by atoms with Gasteiger partial charge in [0.25, 0.3) is 0 Å². The van der Waals surface area contributed by atoms with E-state index in [1.54, 1.807) is 11.8 Å². The van der Waals surface area contributed by atoms with E-state index in [0.717, 1.165) is 16.2 Å². The third kappa shape index (κ3) is 2.12. The van der Waals surface area contributed by atoms with Crippen molar-refractivity contribution >= 4 is 11.8 Å². The molecule has 1 aromatic rings. The second-order valence-corrected chi connectivity index (χ2v) is 5.69. The number of hydrogen-bond donors (Lipinski definition) is 2. The zero-order valence-electron chi connectivity index (χ0n) is 8.86. The Bertz CT molecular complexity index is 379. The Morgan fingerprint density at radius 1 is 1.53 bits per heavy atom. The zero-order chi connectivity index (χ0) is 11.1. The molecular weight excluding hydrogens is 210 g/mol. The molecule has 4 heteroatoms. The molecule has 1 atom stereocenters. The van der Waals surface area contributed by atoms with Crippen LogP contribution in [0, 0.1) is 0 Å². The first-order chi connectivity index (χ1) is 7.02. The third-order valence-corrected chi connectivity index (χ3v) is 3.42. The summed E-state index contributed by atoms with van der Waals surface area (Å²) in [5.74, 6) is 0.843. The molecule has 1 heterocycles. The summed E-state index contributed by atoms with van der Waals surface area (Å²) in [4.78, 5) is 0.905. The minimum Gasteiger partial charge on any atom is -0.476 e. The molecule has 3 nitrogen and oxygen atoms in total. The van der Waals surface area contributed by atoms with Crippen molar-refractivity contribution in [3.8, 4) is 5.75 Å². The van der Waals surface area contributed by atoms with Crippen LogP contribution in [-0.2, 0) is 0 Å². The molecule has 0 saturated heterocycles. The summed E-state index contributed by atoms with van der Waals surface area (Å²) in [5, 5.41) is 9.60. The van der Waals surface area contributed by atoms with Gasteiger partial charge >= 0.3 is 0 Å². The highest BCUT2D eigenvalue weighted by molar-refractivity contribution is 8.00. The lowest BCUT2D eigenvalue weighted by Crippen LogP contribution is -2.18. The number of nitrogens with two attached hydrogens (primary N) is 1. The lowest BCUT2D eigenvalue weighted by Gasteiger charge is -2.15. The maximum Gasteiger partial charge on any atom is 0.153 e. The molecule has 0 radical (unpaired) electrons. The predicted molar refractivity (Wildman–Crippen MR) is 61.0 cm³/mol. The first-order valence-corrected chi connectivity index (χ1v) is 5.73. The number of fused-ring (bicyclic) bond motifs is 1. The summed E-state index contributed by atoms with van der Waals surface area (Å²) in [5.41, 5.74) is 6.22. The highest BCUT2D eigenvalue weighted by Crippen LogP contribution is 2.47. The number of aliphatic hydroxyl groups excluding tert-OH is 1. The van der Waals surface area contributed by atoms with Crippen LogP contribution in [0.25, 0.3) is 0 Å². The van der Waals surface area contributed by atoms with Crippen LogP contribution in [0.15, 0.2) is 23.1 Å². The SMILES string of the molecule is CC1(C)Oc2cc(C(O)CN)ccc2S1. The van der Waals surface area contributed by atoms with Crippen molar-refractivity contribution in [2.75, 3.05) is 6.54 Å². The van der Waals surface area contributed by atoms with E-state index in [1.165, 1.54) is 0 Å². The van der Waals surface area contributed by atoms with Gasteiger partial charge in [-0.25, -0.2) is 0 Å². The molecule has 15 heavy (non-hydrogen) atoms. The van der Waals surface area contributed by atoms with E-state index in [2.05, 4.69) is 0 Å². The predicted octanol–water partition coefficient (Wildman–Crippen LogP) is 1.90. The molecule has 1 unspecified atom stereocenters. The zero-order valence-corrected chi connectivity index (χ0v) is 9.67. The number of rotatable bonds is 2. The van der Waals surface area contributed by atoms with Crippen LogP contribution in [-0.4, -0.2) is 16.6 Å². The van der Waals surface area contributed by atoms with Crippen molar-refractivity contribution in [3.63, 3.8) is 0 Å². The Balaban J connectivity index is 2.30.